The van der Waals surface area contributed by atoms with Crippen LogP contribution in [0.1, 0.15) is 0 Å². The first-order chi connectivity index (χ1) is 24.0. The van der Waals surface area contributed by atoms with Gasteiger partial charge in [-0.15, -0.1) is 0 Å². The molecule has 0 saturated heterocycles. The van der Waals surface area contributed by atoms with Crippen LogP contribution >= 0.6 is 0 Å². The molecule has 0 aliphatic carbocycles. The Morgan fingerprint density at radius 1 is 0.0909 bits per heavy atom. The second-order valence-electron chi connectivity index (χ2n) is 0. The molecule has 0 heterocycles. The van der Waals surface area contributed by atoms with Gasteiger partial charge in [-0.25, -0.2) is 0 Å². The van der Waals surface area contributed by atoms with Crippen LogP contribution in [0.3, 0.4) is 0 Å². The molecule has 0 unspecified atom stereocenters. The fourth-order valence-electron chi connectivity index (χ4n) is 0. The van der Waals surface area contributed by atoms with Gasteiger partial charge < -0.3 is 284 Å². The molecule has 0 aliphatic rings. The normalized spacial score (nSPS) is 0.873. The maximum Gasteiger partial charge on any atom is 4.00 e. The summed E-state index contributed by atoms with van der Waals surface area (Å²) in [6, 6.07) is 0. The average molecular weight is 991 g/mol. The van der Waals surface area contributed by atoms with Crippen molar-refractivity contribution in [2.24, 2.45) is 0 Å². The molecule has 0 spiro atoms. The second kappa shape index (κ2) is 1450. The van der Waals surface area contributed by atoms with Gasteiger partial charge in [0.1, 0.15) is 0 Å². The van der Waals surface area contributed by atoms with E-state index in [0.29, 0.717) is 0 Å². The van der Waals surface area contributed by atoms with E-state index in [1.807, 2.05) is 0 Å². The molecule has 0 bridgehead atoms. The monoisotopic (exact) mass is 992 g/mol. The first-order valence-electron chi connectivity index (χ1n) is 5.37. The van der Waals surface area contributed by atoms with E-state index in [9.17, 15) is 0 Å². The van der Waals surface area contributed by atoms with E-state index < -0.39 is 0 Å². The predicted octanol–water partition coefficient (Wildman–Crippen LogP) is 2.30. The van der Waals surface area contributed by atoms with Gasteiger partial charge in [0.15, 0.2) is 0 Å². The summed E-state index contributed by atoms with van der Waals surface area (Å²) in [5, 5.41) is 150. The smallest absolute Gasteiger partial charge is 0.512 e. The van der Waals surface area contributed by atoms with Crippen molar-refractivity contribution in [3.8, 4) is 0 Å². The molecule has 260 valence electrons. The van der Waals surface area contributed by atoms with Crippen LogP contribution in [0.25, 0.3) is 0 Å². The zero-order chi connectivity index (χ0) is 48.0. The predicted molar refractivity (Wildman–Crippen MR) is 119 cm³/mol. The van der Waals surface area contributed by atoms with Gasteiger partial charge in [0.25, 0.3) is 0 Å². The van der Waals surface area contributed by atoms with E-state index in [1.54, 1.807) is 0 Å². The molecule has 55 heavy (non-hydrogen) atoms. The largest absolute Gasteiger partial charge is 4.00 e. The number of hydrogen-bond acceptors (Lipinski definition) is 24. The minimum Gasteiger partial charge on any atom is -0.512 e. The standard InChI is InChI=1S/24CN.4Fe.3Ti/c24*1-2;;;;;;;/q24*-1;4*+3;3*+4. The van der Waals surface area contributed by atoms with Crippen molar-refractivity contribution in [3.05, 3.63) is 158 Å². The topological polar surface area (TPSA) is 571 Å². The van der Waals surface area contributed by atoms with Gasteiger partial charge in [-0.05, 0) is 0 Å². The molecule has 0 aliphatic heterocycles. The van der Waals surface area contributed by atoms with E-state index >= 15 is 0 Å². The Hall–Kier alpha value is -8.02. The SMILES string of the molecule is [C-]#N.[C-]#N.[C-]#N.[C-]#N.[C-]#N.[C-]#N.[C-]#N.[C-]#N.[C-]#N.[C-]#N.[C-]#N.[C-]#N.[C-]#N.[C-]#N.[C-]#N.[C-]#N.[C-]#N.[C-]#N.[C-]#N.[C-]#N.[C-]#N.[C-]#N.[C-]#N.[C-]#N.[Fe+3].[Fe+3].[Fe+3].[Fe+3].[Ti+4].[Ti+4].[Ti+4]. The van der Waals surface area contributed by atoms with Crippen molar-refractivity contribution in [3.63, 3.8) is 0 Å². The molecule has 0 fully saturated rings. The zero-order valence-electron chi connectivity index (χ0n) is 25.6. The molecule has 0 aromatic heterocycles. The summed E-state index contributed by atoms with van der Waals surface area (Å²) in [5.41, 5.74) is 0. The molecular weight excluding hydrogens is 991 g/mol. The van der Waals surface area contributed by atoms with Crippen LogP contribution < -0.4 is 0 Å². The molecule has 24 nitrogen and oxygen atoms in total. The molecule has 4 radical (unpaired) electrons. The van der Waals surface area contributed by atoms with Gasteiger partial charge >= 0.3 is 133 Å². The van der Waals surface area contributed by atoms with E-state index in [-0.39, 0.29) is 133 Å². The molecule has 0 saturated carbocycles. The summed E-state index contributed by atoms with van der Waals surface area (Å²) in [4.78, 5) is 0. The van der Waals surface area contributed by atoms with Crippen molar-refractivity contribution in [2.75, 3.05) is 0 Å². The van der Waals surface area contributed by atoms with Crippen LogP contribution in [0, 0.1) is 284 Å². The molecule has 0 aromatic carbocycles. The summed E-state index contributed by atoms with van der Waals surface area (Å²) < 4.78 is 0. The van der Waals surface area contributed by atoms with Crippen LogP contribution in [0.5, 0.6) is 0 Å². The number of nitrogens with zero attached hydrogens (tertiary/aromatic N) is 24. The van der Waals surface area contributed by atoms with Gasteiger partial charge in [-0.2, -0.15) is 0 Å². The minimum absolute atomic E-state index is 0. The Morgan fingerprint density at radius 3 is 0.0909 bits per heavy atom. The van der Waals surface area contributed by atoms with Crippen molar-refractivity contribution in [1.29, 1.82) is 126 Å². The van der Waals surface area contributed by atoms with Gasteiger partial charge in [0.2, 0.25) is 0 Å². The first kappa shape index (κ1) is 389. The molecule has 0 rings (SSSR count). The molecule has 31 heteroatoms. The Labute approximate surface area is 413 Å². The third kappa shape index (κ3) is 1380. The zero-order valence-corrected chi connectivity index (χ0v) is 34.7. The summed E-state index contributed by atoms with van der Waals surface area (Å²) >= 11 is 0. The number of hydrogen-bond donors (Lipinski definition) is 0. The summed E-state index contributed by atoms with van der Waals surface area (Å²) in [7, 11) is 0. The third-order valence-corrected chi connectivity index (χ3v) is 0. The van der Waals surface area contributed by atoms with Gasteiger partial charge in [-0.1, -0.05) is 0 Å². The third-order valence-electron chi connectivity index (χ3n) is 0. The maximum absolute atomic E-state index is 6.25. The van der Waals surface area contributed by atoms with E-state index in [2.05, 4.69) is 0 Å². The summed E-state index contributed by atoms with van der Waals surface area (Å²) in [6.45, 7) is 114. The quantitative estimate of drug-likeness (QED) is 0.248. The van der Waals surface area contributed by atoms with Gasteiger partial charge in [0, 0.05) is 0 Å². The molecule has 0 atom stereocenters. The molecule has 0 amide bonds. The maximum atomic E-state index is 6.25. The fraction of sp³-hybridized carbons (Fsp3) is 0. The number of rotatable bonds is 0. The minimum atomic E-state index is 0. The Kier molecular flexibility index (Phi) is 10200. The van der Waals surface area contributed by atoms with Crippen molar-refractivity contribution in [2.45, 2.75) is 0 Å². The van der Waals surface area contributed by atoms with E-state index in [0.717, 1.165) is 0 Å². The second-order valence-corrected chi connectivity index (χ2v) is 0. The van der Waals surface area contributed by atoms with Crippen LogP contribution in [0.15, 0.2) is 0 Å². The van der Waals surface area contributed by atoms with Crippen molar-refractivity contribution < 1.29 is 133 Å². The average Bonchev–Trinajstić information content (AvgIpc) is 3.34. The van der Waals surface area contributed by atoms with E-state index in [1.165, 1.54) is 0 Å². The van der Waals surface area contributed by atoms with Crippen LogP contribution in [0.4, 0.5) is 0 Å². The first-order valence-corrected chi connectivity index (χ1v) is 5.37. The van der Waals surface area contributed by atoms with Crippen LogP contribution in [-0.4, -0.2) is 0 Å². The van der Waals surface area contributed by atoms with Crippen LogP contribution in [0.2, 0.25) is 0 Å². The van der Waals surface area contributed by atoms with E-state index in [4.69, 9.17) is 284 Å². The van der Waals surface area contributed by atoms with Crippen molar-refractivity contribution in [1.82, 2.24) is 0 Å². The summed E-state index contributed by atoms with van der Waals surface area (Å²) in [5.74, 6) is 0. The Bertz CT molecular complexity index is 529. The Morgan fingerprint density at radius 2 is 0.0909 bits per heavy atom. The Balaban J connectivity index is -0.00000000375. The van der Waals surface area contributed by atoms with Gasteiger partial charge in [0.05, 0.1) is 0 Å². The molecule has 0 aromatic rings. The van der Waals surface area contributed by atoms with Gasteiger partial charge in [-0.3, -0.25) is 0 Å². The summed E-state index contributed by atoms with van der Waals surface area (Å²) in [6.07, 6.45) is 0. The van der Waals surface area contributed by atoms with Crippen molar-refractivity contribution >= 4 is 0 Å². The molecule has 0 N–H and O–H groups in total. The molecular formula is C24Fe4N24Ti3. The fourth-order valence-corrected chi connectivity index (χ4v) is 0. The van der Waals surface area contributed by atoms with Crippen LogP contribution in [-0.2, 0) is 133 Å².